The van der Waals surface area contributed by atoms with Crippen LogP contribution in [0.4, 0.5) is 4.79 Å². The molecule has 0 atom stereocenters. The van der Waals surface area contributed by atoms with Gasteiger partial charge in [-0.2, -0.15) is 0 Å². The second-order valence-electron chi connectivity index (χ2n) is 5.15. The van der Waals surface area contributed by atoms with E-state index in [1.54, 1.807) is 22.8 Å². The number of hydrogen-bond acceptors (Lipinski definition) is 2. The minimum Gasteiger partial charge on any atom is -0.465 e. The maximum absolute atomic E-state index is 12.1. The molecule has 0 unspecified atom stereocenters. The number of rotatable bonds is 4. The lowest BCUT2D eigenvalue weighted by atomic mass is 10.1. The highest BCUT2D eigenvalue weighted by Gasteiger charge is 2.08. The van der Waals surface area contributed by atoms with Gasteiger partial charge in [0.15, 0.2) is 0 Å². The van der Waals surface area contributed by atoms with Crippen molar-refractivity contribution < 1.29 is 9.90 Å². The van der Waals surface area contributed by atoms with Crippen molar-refractivity contribution in [1.29, 1.82) is 0 Å². The summed E-state index contributed by atoms with van der Waals surface area (Å²) in [5, 5.41) is 11.5. The van der Waals surface area contributed by atoms with E-state index in [4.69, 9.17) is 16.7 Å². The average Bonchev–Trinajstić information content (AvgIpc) is 2.82. The van der Waals surface area contributed by atoms with Crippen molar-refractivity contribution in [2.45, 2.75) is 13.1 Å². The number of aromatic amines is 1. The molecule has 6 nitrogen and oxygen atoms in total. The average molecular weight is 332 g/mol. The molecule has 0 bridgehead atoms. The van der Waals surface area contributed by atoms with Crippen LogP contribution >= 0.6 is 11.6 Å². The molecule has 0 radical (unpaired) electrons. The van der Waals surface area contributed by atoms with Crippen molar-refractivity contribution in [3.8, 4) is 0 Å². The van der Waals surface area contributed by atoms with E-state index >= 15 is 0 Å². The molecule has 7 heteroatoms. The summed E-state index contributed by atoms with van der Waals surface area (Å²) < 4.78 is 1.62. The van der Waals surface area contributed by atoms with Crippen LogP contribution < -0.4 is 11.0 Å². The Kier molecular flexibility index (Phi) is 4.08. The third-order valence-electron chi connectivity index (χ3n) is 3.54. The van der Waals surface area contributed by atoms with Crippen molar-refractivity contribution in [2.24, 2.45) is 0 Å². The predicted octanol–water partition coefficient (Wildman–Crippen LogP) is 2.80. The summed E-state index contributed by atoms with van der Waals surface area (Å²) in [4.78, 5) is 25.4. The first-order chi connectivity index (χ1) is 11.0. The molecule has 3 rings (SSSR count). The quantitative estimate of drug-likeness (QED) is 0.687. The topological polar surface area (TPSA) is 87.1 Å². The third kappa shape index (κ3) is 3.37. The van der Waals surface area contributed by atoms with Crippen LogP contribution in [0, 0.1) is 0 Å². The normalized spacial score (nSPS) is 10.8. The molecule has 1 amide bonds. The van der Waals surface area contributed by atoms with Crippen LogP contribution in [-0.2, 0) is 13.1 Å². The van der Waals surface area contributed by atoms with Crippen LogP contribution in [0.1, 0.15) is 11.1 Å². The molecule has 3 N–H and O–H groups in total. The lowest BCUT2D eigenvalue weighted by Crippen LogP contribution is -2.20. The first-order valence-corrected chi connectivity index (χ1v) is 7.33. The second-order valence-corrected chi connectivity index (χ2v) is 5.59. The van der Waals surface area contributed by atoms with Crippen LogP contribution in [0.2, 0.25) is 5.02 Å². The molecule has 0 spiro atoms. The number of nitrogens with one attached hydrogen (secondary N) is 2. The summed E-state index contributed by atoms with van der Waals surface area (Å²) >= 11 is 6.00. The molecular formula is C16H14ClN3O3. The number of aromatic nitrogens is 2. The van der Waals surface area contributed by atoms with E-state index in [1.165, 1.54) is 0 Å². The fourth-order valence-corrected chi connectivity index (χ4v) is 2.57. The number of benzene rings is 2. The Labute approximate surface area is 136 Å². The zero-order valence-corrected chi connectivity index (χ0v) is 12.8. The van der Waals surface area contributed by atoms with Gasteiger partial charge in [0.1, 0.15) is 0 Å². The molecule has 3 aromatic rings. The molecule has 1 heterocycles. The van der Waals surface area contributed by atoms with Gasteiger partial charge in [0.05, 0.1) is 17.6 Å². The van der Waals surface area contributed by atoms with E-state index in [0.717, 1.165) is 22.2 Å². The first-order valence-electron chi connectivity index (χ1n) is 6.95. The maximum Gasteiger partial charge on any atom is 0.404 e. The summed E-state index contributed by atoms with van der Waals surface area (Å²) in [5.74, 6) is 0. The van der Waals surface area contributed by atoms with Gasteiger partial charge in [-0.15, -0.1) is 0 Å². The van der Waals surface area contributed by atoms with Crippen LogP contribution in [0.15, 0.2) is 47.3 Å². The smallest absolute Gasteiger partial charge is 0.404 e. The number of amides is 1. The molecule has 118 valence electrons. The largest absolute Gasteiger partial charge is 0.465 e. The SMILES string of the molecule is O=C(O)NCc1ccc(Cn2c(=O)[nH]c3ccc(Cl)cc32)cc1. The Bertz CT molecular complexity index is 912. The lowest BCUT2D eigenvalue weighted by molar-refractivity contribution is 0.194. The van der Waals surface area contributed by atoms with Gasteiger partial charge >= 0.3 is 11.8 Å². The third-order valence-corrected chi connectivity index (χ3v) is 3.78. The number of H-pyrrole nitrogens is 1. The van der Waals surface area contributed by atoms with Crippen LogP contribution in [0.5, 0.6) is 0 Å². The number of hydrogen-bond donors (Lipinski definition) is 3. The summed E-state index contributed by atoms with van der Waals surface area (Å²) in [6, 6.07) is 12.7. The molecule has 0 aliphatic heterocycles. The van der Waals surface area contributed by atoms with E-state index in [2.05, 4.69) is 10.3 Å². The molecule has 0 aliphatic rings. The van der Waals surface area contributed by atoms with Gasteiger partial charge < -0.3 is 15.4 Å². The van der Waals surface area contributed by atoms with Crippen molar-refractivity contribution in [1.82, 2.24) is 14.9 Å². The molecule has 0 saturated carbocycles. The van der Waals surface area contributed by atoms with E-state index in [0.29, 0.717) is 11.6 Å². The lowest BCUT2D eigenvalue weighted by Gasteiger charge is -2.06. The van der Waals surface area contributed by atoms with Gasteiger partial charge in [-0.1, -0.05) is 35.9 Å². The van der Waals surface area contributed by atoms with E-state index in [9.17, 15) is 9.59 Å². The Balaban J connectivity index is 1.84. The number of nitrogens with zero attached hydrogens (tertiary/aromatic N) is 1. The summed E-state index contributed by atoms with van der Waals surface area (Å²) in [7, 11) is 0. The van der Waals surface area contributed by atoms with Crippen molar-refractivity contribution in [3.05, 3.63) is 69.1 Å². The highest BCUT2D eigenvalue weighted by atomic mass is 35.5. The van der Waals surface area contributed by atoms with Crippen LogP contribution in [0.25, 0.3) is 11.0 Å². The number of fused-ring (bicyclic) bond motifs is 1. The fraction of sp³-hybridized carbons (Fsp3) is 0.125. The molecule has 0 saturated heterocycles. The van der Waals surface area contributed by atoms with E-state index < -0.39 is 6.09 Å². The van der Waals surface area contributed by atoms with Gasteiger partial charge in [0.25, 0.3) is 0 Å². The Hall–Kier alpha value is -2.73. The fourth-order valence-electron chi connectivity index (χ4n) is 2.41. The minimum atomic E-state index is -1.06. The summed E-state index contributed by atoms with van der Waals surface area (Å²) in [6.07, 6.45) is -1.06. The standard InChI is InChI=1S/C16H14ClN3O3/c17-12-5-6-13-14(7-12)20(15(21)19-13)9-11-3-1-10(2-4-11)8-18-16(22)23/h1-7,18H,8-9H2,(H,19,21)(H,22,23). The Morgan fingerprint density at radius 3 is 2.57 bits per heavy atom. The van der Waals surface area contributed by atoms with Crippen molar-refractivity contribution in [3.63, 3.8) is 0 Å². The molecular weight excluding hydrogens is 318 g/mol. The molecule has 2 aromatic carbocycles. The maximum atomic E-state index is 12.1. The summed E-state index contributed by atoms with van der Waals surface area (Å²) in [6.45, 7) is 0.657. The van der Waals surface area contributed by atoms with Gasteiger partial charge in [-0.3, -0.25) is 4.57 Å². The molecule has 0 fully saturated rings. The molecule has 1 aromatic heterocycles. The molecule has 0 aliphatic carbocycles. The number of halogens is 1. The minimum absolute atomic E-state index is 0.195. The zero-order chi connectivity index (χ0) is 16.4. The Morgan fingerprint density at radius 1 is 1.17 bits per heavy atom. The predicted molar refractivity (Wildman–Crippen MR) is 88.0 cm³/mol. The zero-order valence-electron chi connectivity index (χ0n) is 12.0. The van der Waals surface area contributed by atoms with Crippen LogP contribution in [0.3, 0.4) is 0 Å². The van der Waals surface area contributed by atoms with E-state index in [-0.39, 0.29) is 12.2 Å². The van der Waals surface area contributed by atoms with Gasteiger partial charge in [0, 0.05) is 11.6 Å². The first kappa shape index (κ1) is 15.2. The van der Waals surface area contributed by atoms with Gasteiger partial charge in [-0.25, -0.2) is 9.59 Å². The van der Waals surface area contributed by atoms with Gasteiger partial charge in [-0.05, 0) is 29.3 Å². The highest BCUT2D eigenvalue weighted by Crippen LogP contribution is 2.17. The Morgan fingerprint density at radius 2 is 1.87 bits per heavy atom. The van der Waals surface area contributed by atoms with Crippen molar-refractivity contribution >= 4 is 28.7 Å². The molecule has 23 heavy (non-hydrogen) atoms. The number of imidazole rings is 1. The second kappa shape index (κ2) is 6.18. The highest BCUT2D eigenvalue weighted by molar-refractivity contribution is 6.31. The summed E-state index contributed by atoms with van der Waals surface area (Å²) in [5.41, 5.74) is 3.08. The van der Waals surface area contributed by atoms with Crippen molar-refractivity contribution in [2.75, 3.05) is 0 Å². The number of carboxylic acid groups (broad SMARTS) is 1. The number of carbonyl (C=O) groups is 1. The van der Waals surface area contributed by atoms with E-state index in [1.807, 2.05) is 24.3 Å². The van der Waals surface area contributed by atoms with Gasteiger partial charge in [0.2, 0.25) is 0 Å². The monoisotopic (exact) mass is 331 g/mol. The van der Waals surface area contributed by atoms with Crippen LogP contribution in [-0.4, -0.2) is 20.8 Å².